The molecule has 3 N–H and O–H groups in total. The third kappa shape index (κ3) is 3.94. The first kappa shape index (κ1) is 15.5. The molecule has 0 heterocycles. The summed E-state index contributed by atoms with van der Waals surface area (Å²) in [6.45, 7) is 4.20. The smallest absolute Gasteiger partial charge is 0.227 e. The minimum Gasteiger partial charge on any atom is -0.496 e. The second-order valence-electron chi connectivity index (χ2n) is 4.43. The third-order valence-electron chi connectivity index (χ3n) is 3.09. The summed E-state index contributed by atoms with van der Waals surface area (Å²) >= 11 is 0. The number of hydrogen-bond donors (Lipinski definition) is 2. The summed E-state index contributed by atoms with van der Waals surface area (Å²) in [7, 11) is 3.17. The van der Waals surface area contributed by atoms with Crippen molar-refractivity contribution in [3.63, 3.8) is 0 Å². The van der Waals surface area contributed by atoms with Gasteiger partial charge in [-0.2, -0.15) is 0 Å². The molecule has 1 unspecified atom stereocenters. The topological polar surface area (TPSA) is 73.6 Å². The van der Waals surface area contributed by atoms with Crippen LogP contribution in [0.5, 0.6) is 5.75 Å². The summed E-state index contributed by atoms with van der Waals surface area (Å²) in [5, 5.41) is 2.86. The number of amides is 1. The van der Waals surface area contributed by atoms with Gasteiger partial charge in [-0.1, -0.05) is 6.07 Å². The van der Waals surface area contributed by atoms with Crippen molar-refractivity contribution >= 4 is 11.6 Å². The van der Waals surface area contributed by atoms with Gasteiger partial charge in [-0.25, -0.2) is 0 Å². The van der Waals surface area contributed by atoms with E-state index in [1.807, 2.05) is 26.0 Å². The highest BCUT2D eigenvalue weighted by atomic mass is 16.5. The van der Waals surface area contributed by atoms with E-state index in [1.165, 1.54) is 0 Å². The lowest BCUT2D eigenvalue weighted by molar-refractivity contribution is -0.118. The molecule has 0 spiro atoms. The Hall–Kier alpha value is -1.59. The van der Waals surface area contributed by atoms with Gasteiger partial charge in [0, 0.05) is 24.9 Å². The Bertz CT molecular complexity index is 443. The number of aryl methyl sites for hydroxylation is 1. The van der Waals surface area contributed by atoms with Gasteiger partial charge >= 0.3 is 0 Å². The van der Waals surface area contributed by atoms with Crippen LogP contribution in [0.4, 0.5) is 5.69 Å². The van der Waals surface area contributed by atoms with E-state index in [1.54, 1.807) is 14.2 Å². The van der Waals surface area contributed by atoms with Crippen LogP contribution < -0.4 is 15.8 Å². The Morgan fingerprint density at radius 2 is 2.05 bits per heavy atom. The van der Waals surface area contributed by atoms with Gasteiger partial charge < -0.3 is 20.5 Å². The molecule has 19 heavy (non-hydrogen) atoms. The first-order valence-electron chi connectivity index (χ1n) is 6.20. The van der Waals surface area contributed by atoms with E-state index in [4.69, 9.17) is 15.2 Å². The maximum absolute atomic E-state index is 11.9. The Morgan fingerprint density at radius 3 is 2.58 bits per heavy atom. The summed E-state index contributed by atoms with van der Waals surface area (Å²) in [6.07, 6.45) is -0.0181. The number of methoxy groups -OCH3 is 2. The fraction of sp³-hybridized carbons (Fsp3) is 0.500. The van der Waals surface area contributed by atoms with Gasteiger partial charge in [-0.3, -0.25) is 4.79 Å². The van der Waals surface area contributed by atoms with Crippen LogP contribution in [0.3, 0.4) is 0 Å². The molecule has 0 radical (unpaired) electrons. The summed E-state index contributed by atoms with van der Waals surface area (Å²) in [4.78, 5) is 11.9. The predicted molar refractivity (Wildman–Crippen MR) is 75.6 cm³/mol. The molecule has 0 bridgehead atoms. The number of rotatable bonds is 6. The Labute approximate surface area is 114 Å². The van der Waals surface area contributed by atoms with Gasteiger partial charge in [0.15, 0.2) is 0 Å². The highest BCUT2D eigenvalue weighted by molar-refractivity contribution is 5.92. The Morgan fingerprint density at radius 1 is 1.37 bits per heavy atom. The maximum atomic E-state index is 11.9. The first-order chi connectivity index (χ1) is 9.03. The predicted octanol–water partition coefficient (Wildman–Crippen LogP) is 1.61. The highest BCUT2D eigenvalue weighted by Gasteiger charge is 2.14. The van der Waals surface area contributed by atoms with Crippen LogP contribution in [-0.4, -0.2) is 32.8 Å². The number of carbonyl (C=O) groups is 1. The quantitative estimate of drug-likeness (QED) is 0.820. The lowest BCUT2D eigenvalue weighted by Crippen LogP contribution is -2.28. The van der Waals surface area contributed by atoms with Crippen LogP contribution in [0.25, 0.3) is 0 Å². The minimum absolute atomic E-state index is 0.119. The van der Waals surface area contributed by atoms with Crippen molar-refractivity contribution in [1.29, 1.82) is 0 Å². The van der Waals surface area contributed by atoms with E-state index in [9.17, 15) is 4.79 Å². The average Bonchev–Trinajstić information content (AvgIpc) is 2.40. The van der Waals surface area contributed by atoms with Crippen LogP contribution in [-0.2, 0) is 9.53 Å². The van der Waals surface area contributed by atoms with Crippen LogP contribution >= 0.6 is 0 Å². The summed E-state index contributed by atoms with van der Waals surface area (Å²) < 4.78 is 10.4. The summed E-state index contributed by atoms with van der Waals surface area (Å²) in [5.41, 5.74) is 8.20. The number of nitrogens with one attached hydrogen (secondary N) is 1. The number of anilines is 1. The lowest BCUT2D eigenvalue weighted by atomic mass is 10.1. The van der Waals surface area contributed by atoms with Gasteiger partial charge in [0.1, 0.15) is 5.75 Å². The third-order valence-corrected chi connectivity index (χ3v) is 3.09. The average molecular weight is 266 g/mol. The normalized spacial score (nSPS) is 12.1. The molecule has 1 aromatic carbocycles. The first-order valence-corrected chi connectivity index (χ1v) is 6.20. The highest BCUT2D eigenvalue weighted by Crippen LogP contribution is 2.29. The van der Waals surface area contributed by atoms with Gasteiger partial charge in [-0.05, 0) is 25.5 Å². The fourth-order valence-electron chi connectivity index (χ4n) is 1.95. The van der Waals surface area contributed by atoms with E-state index in [0.29, 0.717) is 6.54 Å². The van der Waals surface area contributed by atoms with Crippen molar-refractivity contribution in [1.82, 2.24) is 0 Å². The molecular weight excluding hydrogens is 244 g/mol. The van der Waals surface area contributed by atoms with E-state index < -0.39 is 0 Å². The molecule has 0 saturated carbocycles. The molecule has 5 heteroatoms. The fourth-order valence-corrected chi connectivity index (χ4v) is 1.95. The molecule has 1 rings (SSSR count). The van der Waals surface area contributed by atoms with Crippen LogP contribution in [0.1, 0.15) is 17.5 Å². The van der Waals surface area contributed by atoms with Crippen LogP contribution in [0.15, 0.2) is 12.1 Å². The number of ether oxygens (including phenoxy) is 2. The monoisotopic (exact) mass is 266 g/mol. The van der Waals surface area contributed by atoms with Crippen LogP contribution in [0.2, 0.25) is 0 Å². The van der Waals surface area contributed by atoms with E-state index in [-0.39, 0.29) is 18.4 Å². The van der Waals surface area contributed by atoms with Crippen molar-refractivity contribution in [2.24, 2.45) is 5.73 Å². The molecular formula is C14H22N2O3. The molecule has 0 fully saturated rings. The maximum Gasteiger partial charge on any atom is 0.227 e. The van der Waals surface area contributed by atoms with Crippen molar-refractivity contribution in [3.8, 4) is 5.75 Å². The molecule has 0 saturated heterocycles. The Balaban J connectivity index is 2.80. The standard InChI is InChI=1S/C14H22N2O3/c1-9-5-6-12(10(2)14(9)19-4)16-13(17)7-11(8-15)18-3/h5-6,11H,7-8,15H2,1-4H3,(H,16,17). The molecule has 0 aromatic heterocycles. The molecule has 0 aliphatic rings. The van der Waals surface area contributed by atoms with Gasteiger partial charge in [-0.15, -0.1) is 0 Å². The summed E-state index contributed by atoms with van der Waals surface area (Å²) in [6, 6.07) is 3.79. The molecule has 5 nitrogen and oxygen atoms in total. The molecule has 0 aliphatic heterocycles. The van der Waals surface area contributed by atoms with E-state index in [2.05, 4.69) is 5.32 Å². The van der Waals surface area contributed by atoms with Crippen molar-refractivity contribution in [3.05, 3.63) is 23.3 Å². The molecule has 106 valence electrons. The second-order valence-corrected chi connectivity index (χ2v) is 4.43. The minimum atomic E-state index is -0.257. The number of hydrogen-bond acceptors (Lipinski definition) is 4. The van der Waals surface area contributed by atoms with Gasteiger partial charge in [0.05, 0.1) is 19.6 Å². The SMILES string of the molecule is COc1c(C)ccc(NC(=O)CC(CN)OC)c1C. The van der Waals surface area contributed by atoms with Crippen LogP contribution in [0, 0.1) is 13.8 Å². The molecule has 1 atom stereocenters. The second kappa shape index (κ2) is 7.11. The van der Waals surface area contributed by atoms with E-state index >= 15 is 0 Å². The van der Waals surface area contributed by atoms with Crippen molar-refractivity contribution < 1.29 is 14.3 Å². The van der Waals surface area contributed by atoms with Crippen molar-refractivity contribution in [2.45, 2.75) is 26.4 Å². The van der Waals surface area contributed by atoms with Crippen molar-refractivity contribution in [2.75, 3.05) is 26.1 Å². The molecule has 0 aliphatic carbocycles. The largest absolute Gasteiger partial charge is 0.496 e. The summed E-state index contributed by atoms with van der Waals surface area (Å²) in [5.74, 6) is 0.672. The van der Waals surface area contributed by atoms with E-state index in [0.717, 1.165) is 22.6 Å². The lowest BCUT2D eigenvalue weighted by Gasteiger charge is -2.16. The zero-order chi connectivity index (χ0) is 14.4. The zero-order valence-corrected chi connectivity index (χ0v) is 11.9. The number of nitrogens with two attached hydrogens (primary N) is 1. The zero-order valence-electron chi connectivity index (χ0n) is 11.9. The van der Waals surface area contributed by atoms with Gasteiger partial charge in [0.25, 0.3) is 0 Å². The Kier molecular flexibility index (Phi) is 5.79. The molecule has 1 aromatic rings. The molecule has 1 amide bonds. The number of benzene rings is 1. The number of carbonyl (C=O) groups excluding carboxylic acids is 1. The van der Waals surface area contributed by atoms with Gasteiger partial charge in [0.2, 0.25) is 5.91 Å².